The van der Waals surface area contributed by atoms with Crippen molar-refractivity contribution in [3.63, 3.8) is 0 Å². The molecule has 1 aromatic heterocycles. The second-order valence-electron chi connectivity index (χ2n) is 10.3. The first-order valence-corrected chi connectivity index (χ1v) is 15.9. The van der Waals surface area contributed by atoms with Crippen molar-refractivity contribution in [3.8, 4) is 11.5 Å². The van der Waals surface area contributed by atoms with E-state index in [0.717, 1.165) is 20.9 Å². The van der Waals surface area contributed by atoms with Gasteiger partial charge in [0.25, 0.3) is 5.91 Å². The molecule has 1 amide bonds. The molecule has 3 aromatic carbocycles. The molecule has 1 aliphatic rings. The lowest BCUT2D eigenvalue weighted by molar-refractivity contribution is -0.146. The Morgan fingerprint density at radius 2 is 1.71 bits per heavy atom. The molecule has 3 N–H and O–H groups in total. The molecule has 1 aliphatic heterocycles. The summed E-state index contributed by atoms with van der Waals surface area (Å²) >= 11 is 0. The van der Waals surface area contributed by atoms with Crippen LogP contribution in [0.5, 0.6) is 11.5 Å². The number of benzene rings is 3. The SMILES string of the molecule is COc1ccc([C@H]2C=C(C(=O)NCc3nc4ccccc4[nH]3)O[C@@H](OCCN(CCO)S(=O)(=O)c3ccc(OC)cc3)C2)cc1. The summed E-state index contributed by atoms with van der Waals surface area (Å²) in [5.74, 6) is 1.25. The molecule has 13 heteroatoms. The molecule has 45 heavy (non-hydrogen) atoms. The number of aromatic amines is 1. The maximum atomic E-state index is 13.3. The third-order valence-electron chi connectivity index (χ3n) is 7.37. The number of ether oxygens (including phenoxy) is 4. The van der Waals surface area contributed by atoms with Gasteiger partial charge in [-0.3, -0.25) is 4.79 Å². The Balaban J connectivity index is 1.27. The van der Waals surface area contributed by atoms with Crippen LogP contribution >= 0.6 is 0 Å². The number of H-pyrrole nitrogens is 1. The van der Waals surface area contributed by atoms with Crippen LogP contribution in [-0.4, -0.2) is 80.5 Å². The monoisotopic (exact) mass is 636 g/mol. The molecule has 238 valence electrons. The average Bonchev–Trinajstić information content (AvgIpc) is 3.50. The number of nitrogens with one attached hydrogen (secondary N) is 2. The van der Waals surface area contributed by atoms with Crippen molar-refractivity contribution in [1.29, 1.82) is 0 Å². The molecule has 0 unspecified atom stereocenters. The number of aliphatic hydroxyl groups is 1. The van der Waals surface area contributed by atoms with E-state index in [1.807, 2.05) is 48.5 Å². The summed E-state index contributed by atoms with van der Waals surface area (Å²) in [6, 6.07) is 21.1. The number of carbonyl (C=O) groups is 1. The molecular formula is C32H36N4O8S. The predicted octanol–water partition coefficient (Wildman–Crippen LogP) is 3.31. The average molecular weight is 637 g/mol. The van der Waals surface area contributed by atoms with Gasteiger partial charge < -0.3 is 34.4 Å². The highest BCUT2D eigenvalue weighted by Crippen LogP contribution is 2.32. The number of sulfonamides is 1. The number of carbonyl (C=O) groups excluding carboxylic acids is 1. The number of fused-ring (bicyclic) bond motifs is 1. The predicted molar refractivity (Wildman–Crippen MR) is 166 cm³/mol. The van der Waals surface area contributed by atoms with Gasteiger partial charge in [-0.1, -0.05) is 24.3 Å². The fourth-order valence-electron chi connectivity index (χ4n) is 4.99. The standard InChI is InChI=1S/C32H36N4O8S/c1-41-24-9-7-22(8-10-24)23-19-29(32(38)33-21-30-34-27-5-3-4-6-28(27)35-30)44-31(20-23)43-18-16-36(15-17-37)45(39,40)26-13-11-25(42-2)12-14-26/h3-14,19,23,31,37H,15-18,20-21H2,1-2H3,(H,33,38)(H,34,35)/t23-,31+/m0/s1. The van der Waals surface area contributed by atoms with E-state index in [2.05, 4.69) is 15.3 Å². The van der Waals surface area contributed by atoms with E-state index >= 15 is 0 Å². The minimum absolute atomic E-state index is 0.0384. The normalized spacial score (nSPS) is 16.7. The van der Waals surface area contributed by atoms with Gasteiger partial charge in [-0.2, -0.15) is 4.31 Å². The lowest BCUT2D eigenvalue weighted by atomic mass is 9.93. The van der Waals surface area contributed by atoms with E-state index in [1.165, 1.54) is 19.2 Å². The zero-order chi connectivity index (χ0) is 31.8. The molecule has 0 saturated heterocycles. The number of hydrogen-bond acceptors (Lipinski definition) is 9. The van der Waals surface area contributed by atoms with E-state index in [-0.39, 0.29) is 49.4 Å². The van der Waals surface area contributed by atoms with Crippen molar-refractivity contribution < 1.29 is 37.3 Å². The molecule has 0 fully saturated rings. The molecule has 2 atom stereocenters. The largest absolute Gasteiger partial charge is 0.497 e. The number of allylic oxidation sites excluding steroid dienone is 1. The smallest absolute Gasteiger partial charge is 0.286 e. The summed E-state index contributed by atoms with van der Waals surface area (Å²) in [4.78, 5) is 21.0. The van der Waals surface area contributed by atoms with Crippen molar-refractivity contribution in [2.45, 2.75) is 30.1 Å². The molecule has 0 radical (unpaired) electrons. The van der Waals surface area contributed by atoms with Crippen LogP contribution in [-0.2, 0) is 30.8 Å². The summed E-state index contributed by atoms with van der Waals surface area (Å²) in [6.45, 7) is -0.408. The Morgan fingerprint density at radius 1 is 1.02 bits per heavy atom. The zero-order valence-corrected chi connectivity index (χ0v) is 25.8. The molecule has 0 spiro atoms. The van der Waals surface area contributed by atoms with Gasteiger partial charge in [0.2, 0.25) is 16.3 Å². The quantitative estimate of drug-likeness (QED) is 0.189. The van der Waals surface area contributed by atoms with Gasteiger partial charge in [0, 0.05) is 25.4 Å². The van der Waals surface area contributed by atoms with Crippen LogP contribution in [0.4, 0.5) is 0 Å². The molecule has 4 aromatic rings. The van der Waals surface area contributed by atoms with E-state index in [0.29, 0.717) is 23.7 Å². The molecular weight excluding hydrogens is 600 g/mol. The second-order valence-corrected chi connectivity index (χ2v) is 12.2. The molecule has 0 saturated carbocycles. The Bertz CT molecular complexity index is 1690. The van der Waals surface area contributed by atoms with Crippen LogP contribution in [0.15, 0.2) is 89.5 Å². The fourth-order valence-corrected chi connectivity index (χ4v) is 6.40. The van der Waals surface area contributed by atoms with Crippen molar-refractivity contribution in [2.24, 2.45) is 0 Å². The molecule has 2 heterocycles. The Hall–Kier alpha value is -4.43. The minimum Gasteiger partial charge on any atom is -0.497 e. The van der Waals surface area contributed by atoms with Gasteiger partial charge in [0.05, 0.1) is 49.9 Å². The summed E-state index contributed by atoms with van der Waals surface area (Å²) in [5.41, 5.74) is 2.60. The van der Waals surface area contributed by atoms with Crippen LogP contribution in [0.2, 0.25) is 0 Å². The van der Waals surface area contributed by atoms with Crippen molar-refractivity contribution >= 4 is 27.0 Å². The lowest BCUT2D eigenvalue weighted by Gasteiger charge is -2.30. The van der Waals surface area contributed by atoms with Crippen LogP contribution < -0.4 is 14.8 Å². The number of nitrogens with zero attached hydrogens (tertiary/aromatic N) is 2. The van der Waals surface area contributed by atoms with E-state index in [9.17, 15) is 18.3 Å². The Morgan fingerprint density at radius 3 is 2.38 bits per heavy atom. The lowest BCUT2D eigenvalue weighted by Crippen LogP contribution is -2.38. The maximum Gasteiger partial charge on any atom is 0.286 e. The summed E-state index contributed by atoms with van der Waals surface area (Å²) in [5, 5.41) is 12.4. The highest BCUT2D eigenvalue weighted by Gasteiger charge is 2.30. The van der Waals surface area contributed by atoms with Gasteiger partial charge in [0.15, 0.2) is 5.76 Å². The molecule has 0 bridgehead atoms. The van der Waals surface area contributed by atoms with E-state index in [4.69, 9.17) is 18.9 Å². The summed E-state index contributed by atoms with van der Waals surface area (Å²) < 4.78 is 50.1. The molecule has 5 rings (SSSR count). The zero-order valence-electron chi connectivity index (χ0n) is 25.0. The maximum absolute atomic E-state index is 13.3. The van der Waals surface area contributed by atoms with Crippen LogP contribution in [0.1, 0.15) is 23.7 Å². The van der Waals surface area contributed by atoms with Gasteiger partial charge in [0.1, 0.15) is 17.3 Å². The number of hydrogen-bond donors (Lipinski definition) is 3. The number of aromatic nitrogens is 2. The number of para-hydroxylation sites is 2. The van der Waals surface area contributed by atoms with Crippen LogP contribution in [0, 0.1) is 0 Å². The molecule has 12 nitrogen and oxygen atoms in total. The van der Waals surface area contributed by atoms with Crippen LogP contribution in [0.25, 0.3) is 11.0 Å². The van der Waals surface area contributed by atoms with Crippen molar-refractivity contribution in [2.75, 3.05) is 40.5 Å². The molecule has 0 aliphatic carbocycles. The number of rotatable bonds is 14. The highest BCUT2D eigenvalue weighted by atomic mass is 32.2. The minimum atomic E-state index is -3.92. The first-order valence-electron chi connectivity index (χ1n) is 14.4. The third kappa shape index (κ3) is 7.81. The highest BCUT2D eigenvalue weighted by molar-refractivity contribution is 7.89. The van der Waals surface area contributed by atoms with Crippen molar-refractivity contribution in [3.05, 3.63) is 96.0 Å². The number of amides is 1. The number of aliphatic hydroxyl groups excluding tert-OH is 1. The second kappa shape index (κ2) is 14.6. The Kier molecular flexibility index (Phi) is 10.4. The topological polar surface area (TPSA) is 152 Å². The summed E-state index contributed by atoms with van der Waals surface area (Å²) in [7, 11) is -0.832. The van der Waals surface area contributed by atoms with Gasteiger partial charge in [-0.25, -0.2) is 13.4 Å². The fraction of sp³-hybridized carbons (Fsp3) is 0.312. The van der Waals surface area contributed by atoms with Crippen molar-refractivity contribution in [1.82, 2.24) is 19.6 Å². The first kappa shape index (κ1) is 32.0. The summed E-state index contributed by atoms with van der Waals surface area (Å²) in [6.07, 6.45) is 1.30. The van der Waals surface area contributed by atoms with E-state index < -0.39 is 22.2 Å². The number of imidazole rings is 1. The Labute approximate surface area is 261 Å². The third-order valence-corrected chi connectivity index (χ3v) is 9.28. The van der Waals surface area contributed by atoms with E-state index in [1.54, 1.807) is 25.3 Å². The first-order chi connectivity index (χ1) is 21.8. The van der Waals surface area contributed by atoms with Gasteiger partial charge in [-0.15, -0.1) is 0 Å². The van der Waals surface area contributed by atoms with Gasteiger partial charge >= 0.3 is 0 Å². The number of methoxy groups -OCH3 is 2. The van der Waals surface area contributed by atoms with Gasteiger partial charge in [-0.05, 0) is 60.2 Å². The van der Waals surface area contributed by atoms with Crippen LogP contribution in [0.3, 0.4) is 0 Å².